The number of amides is 1. The number of hydrogen-bond donors (Lipinski definition) is 1. The van der Waals surface area contributed by atoms with E-state index in [1.54, 1.807) is 24.3 Å². The zero-order valence-corrected chi connectivity index (χ0v) is 15.6. The second kappa shape index (κ2) is 9.01. The minimum Gasteiger partial charge on any atom is -0.482 e. The Bertz CT molecular complexity index is 938. The third-order valence-electron chi connectivity index (χ3n) is 3.95. The number of nitrogens with zero attached hydrogens (tertiary/aromatic N) is 1. The molecule has 0 fully saturated rings. The fourth-order valence-electron chi connectivity index (χ4n) is 2.48. The monoisotopic (exact) mass is 378 g/mol. The zero-order chi connectivity index (χ0) is 19.1. The summed E-state index contributed by atoms with van der Waals surface area (Å²) in [5, 5.41) is 4.60. The van der Waals surface area contributed by atoms with Gasteiger partial charge >= 0.3 is 0 Å². The molecule has 3 aromatic carbocycles. The molecule has 0 heterocycles. The Morgan fingerprint density at radius 2 is 1.56 bits per heavy atom. The fraction of sp³-hybridized carbons (Fsp3) is 0.0909. The van der Waals surface area contributed by atoms with Crippen molar-refractivity contribution in [1.29, 1.82) is 0 Å². The number of carbonyl (C=O) groups is 1. The van der Waals surface area contributed by atoms with E-state index >= 15 is 0 Å². The third kappa shape index (κ3) is 5.19. The number of ether oxygens (including phenoxy) is 1. The zero-order valence-electron chi connectivity index (χ0n) is 14.9. The van der Waals surface area contributed by atoms with Crippen LogP contribution in [0.4, 0.5) is 0 Å². The summed E-state index contributed by atoms with van der Waals surface area (Å²) in [5.41, 5.74) is 6.42. The lowest BCUT2D eigenvalue weighted by atomic mass is 10.0. The van der Waals surface area contributed by atoms with Crippen LogP contribution in [-0.2, 0) is 4.79 Å². The van der Waals surface area contributed by atoms with E-state index in [-0.39, 0.29) is 12.5 Å². The molecule has 27 heavy (non-hydrogen) atoms. The molecule has 0 aliphatic carbocycles. The third-order valence-corrected chi connectivity index (χ3v) is 4.27. The van der Waals surface area contributed by atoms with Crippen LogP contribution in [0.1, 0.15) is 12.5 Å². The number of nitrogens with one attached hydrogen (secondary N) is 1. The van der Waals surface area contributed by atoms with Crippen molar-refractivity contribution in [3.63, 3.8) is 0 Å². The van der Waals surface area contributed by atoms with Crippen LogP contribution in [0, 0.1) is 0 Å². The molecule has 0 bridgehead atoms. The first kappa shape index (κ1) is 18.7. The molecule has 0 unspecified atom stereocenters. The molecular weight excluding hydrogens is 360 g/mol. The molecule has 136 valence electrons. The first-order valence-electron chi connectivity index (χ1n) is 8.50. The van der Waals surface area contributed by atoms with Crippen LogP contribution in [0.3, 0.4) is 0 Å². The van der Waals surface area contributed by atoms with E-state index in [1.165, 1.54) is 0 Å². The van der Waals surface area contributed by atoms with E-state index in [0.29, 0.717) is 16.5 Å². The average Bonchev–Trinajstić information content (AvgIpc) is 2.72. The highest BCUT2D eigenvalue weighted by molar-refractivity contribution is 6.32. The van der Waals surface area contributed by atoms with Gasteiger partial charge in [-0.3, -0.25) is 4.79 Å². The Labute approximate surface area is 163 Å². The van der Waals surface area contributed by atoms with Gasteiger partial charge in [0.15, 0.2) is 6.61 Å². The first-order valence-corrected chi connectivity index (χ1v) is 8.87. The number of hydrogen-bond acceptors (Lipinski definition) is 3. The summed E-state index contributed by atoms with van der Waals surface area (Å²) in [7, 11) is 0. The summed E-state index contributed by atoms with van der Waals surface area (Å²) in [5.74, 6) is 0.113. The molecule has 0 spiro atoms. The second-order valence-corrected chi connectivity index (χ2v) is 6.30. The van der Waals surface area contributed by atoms with Gasteiger partial charge in [0.1, 0.15) is 5.75 Å². The molecule has 1 N–H and O–H groups in total. The van der Waals surface area contributed by atoms with Gasteiger partial charge < -0.3 is 4.74 Å². The van der Waals surface area contributed by atoms with Gasteiger partial charge in [-0.25, -0.2) is 5.43 Å². The van der Waals surface area contributed by atoms with Gasteiger partial charge in [-0.1, -0.05) is 78.3 Å². The maximum absolute atomic E-state index is 11.9. The van der Waals surface area contributed by atoms with Crippen LogP contribution in [0.15, 0.2) is 84.0 Å². The van der Waals surface area contributed by atoms with E-state index in [1.807, 2.05) is 49.4 Å². The average molecular weight is 379 g/mol. The van der Waals surface area contributed by atoms with Gasteiger partial charge in [0.25, 0.3) is 5.91 Å². The Hall–Kier alpha value is -3.11. The van der Waals surface area contributed by atoms with Gasteiger partial charge in [-0.05, 0) is 35.7 Å². The highest BCUT2D eigenvalue weighted by Crippen LogP contribution is 2.23. The van der Waals surface area contributed by atoms with Gasteiger partial charge in [-0.15, -0.1) is 0 Å². The first-order chi connectivity index (χ1) is 13.1. The Morgan fingerprint density at radius 3 is 2.26 bits per heavy atom. The van der Waals surface area contributed by atoms with Crippen LogP contribution >= 0.6 is 11.6 Å². The lowest BCUT2D eigenvalue weighted by Gasteiger charge is -2.07. The Morgan fingerprint density at radius 1 is 0.926 bits per heavy atom. The van der Waals surface area contributed by atoms with Crippen LogP contribution in [-0.4, -0.2) is 18.2 Å². The molecule has 3 aromatic rings. The van der Waals surface area contributed by atoms with E-state index in [2.05, 4.69) is 22.7 Å². The van der Waals surface area contributed by atoms with Gasteiger partial charge in [0, 0.05) is 0 Å². The molecule has 0 aromatic heterocycles. The van der Waals surface area contributed by atoms with Crippen molar-refractivity contribution in [3.8, 4) is 16.9 Å². The van der Waals surface area contributed by atoms with Crippen molar-refractivity contribution < 1.29 is 9.53 Å². The number of rotatable bonds is 6. The van der Waals surface area contributed by atoms with Gasteiger partial charge in [0.05, 0.1) is 10.7 Å². The van der Waals surface area contributed by atoms with Gasteiger partial charge in [0.2, 0.25) is 0 Å². The topological polar surface area (TPSA) is 50.7 Å². The lowest BCUT2D eigenvalue weighted by Crippen LogP contribution is -2.25. The van der Waals surface area contributed by atoms with Crippen LogP contribution in [0.2, 0.25) is 5.02 Å². The fourth-order valence-corrected chi connectivity index (χ4v) is 2.67. The molecule has 0 atom stereocenters. The van der Waals surface area contributed by atoms with Crippen molar-refractivity contribution in [3.05, 3.63) is 89.4 Å². The summed E-state index contributed by atoms with van der Waals surface area (Å²) in [6.45, 7) is 1.68. The smallest absolute Gasteiger partial charge is 0.277 e. The van der Waals surface area contributed by atoms with Crippen LogP contribution in [0.5, 0.6) is 5.75 Å². The largest absolute Gasteiger partial charge is 0.482 e. The molecule has 0 aliphatic heterocycles. The SMILES string of the molecule is CC(=NNC(=O)COc1ccccc1Cl)c1ccc(-c2ccccc2)cc1. The van der Waals surface area contributed by atoms with Crippen molar-refractivity contribution in [1.82, 2.24) is 5.43 Å². The molecule has 1 amide bonds. The highest BCUT2D eigenvalue weighted by atomic mass is 35.5. The van der Waals surface area contributed by atoms with Crippen molar-refractivity contribution in [2.24, 2.45) is 5.10 Å². The Kier molecular flexibility index (Phi) is 6.23. The minimum absolute atomic E-state index is 0.159. The standard InChI is InChI=1S/C22H19ClN2O2/c1-16(17-11-13-19(14-12-17)18-7-3-2-4-8-18)24-25-22(26)15-27-21-10-6-5-9-20(21)23/h2-14H,15H2,1H3,(H,25,26). The minimum atomic E-state index is -0.352. The van der Waals surface area contributed by atoms with Crippen molar-refractivity contribution in [2.75, 3.05) is 6.61 Å². The lowest BCUT2D eigenvalue weighted by molar-refractivity contribution is -0.123. The molecule has 0 saturated carbocycles. The summed E-state index contributed by atoms with van der Waals surface area (Å²) in [6, 6.07) is 25.2. The second-order valence-electron chi connectivity index (χ2n) is 5.89. The van der Waals surface area contributed by atoms with E-state index in [9.17, 15) is 4.79 Å². The Balaban J connectivity index is 1.57. The number of benzene rings is 3. The van der Waals surface area contributed by atoms with Crippen molar-refractivity contribution >= 4 is 23.2 Å². The summed E-state index contributed by atoms with van der Waals surface area (Å²) in [6.07, 6.45) is 0. The number of carbonyl (C=O) groups excluding carboxylic acids is 1. The number of halogens is 1. The number of hydrazone groups is 1. The van der Waals surface area contributed by atoms with Crippen molar-refractivity contribution in [2.45, 2.75) is 6.92 Å². The molecule has 4 nitrogen and oxygen atoms in total. The summed E-state index contributed by atoms with van der Waals surface area (Å²) < 4.78 is 5.39. The van der Waals surface area contributed by atoms with E-state index in [0.717, 1.165) is 16.7 Å². The maximum Gasteiger partial charge on any atom is 0.277 e. The summed E-state index contributed by atoms with van der Waals surface area (Å²) >= 11 is 5.99. The predicted octanol–water partition coefficient (Wildman–Crippen LogP) is 4.93. The summed E-state index contributed by atoms with van der Waals surface area (Å²) in [4.78, 5) is 11.9. The van der Waals surface area contributed by atoms with Gasteiger partial charge in [-0.2, -0.15) is 5.10 Å². The van der Waals surface area contributed by atoms with Crippen LogP contribution in [0.25, 0.3) is 11.1 Å². The number of para-hydroxylation sites is 1. The molecule has 0 radical (unpaired) electrons. The molecule has 0 saturated heterocycles. The molecule has 5 heteroatoms. The molecule has 3 rings (SSSR count). The van der Waals surface area contributed by atoms with E-state index in [4.69, 9.17) is 16.3 Å². The highest BCUT2D eigenvalue weighted by Gasteiger charge is 2.05. The van der Waals surface area contributed by atoms with Crippen LogP contribution < -0.4 is 10.2 Å². The molecule has 0 aliphatic rings. The maximum atomic E-state index is 11.9. The normalized spacial score (nSPS) is 11.1. The predicted molar refractivity (Wildman–Crippen MR) is 109 cm³/mol. The molecular formula is C22H19ClN2O2. The quantitative estimate of drug-likeness (QED) is 0.488. The van der Waals surface area contributed by atoms with E-state index < -0.39 is 0 Å².